The van der Waals surface area contributed by atoms with Crippen molar-refractivity contribution in [3.63, 3.8) is 0 Å². The second kappa shape index (κ2) is 11.1. The van der Waals surface area contributed by atoms with Crippen molar-refractivity contribution < 1.29 is 17.9 Å². The minimum atomic E-state index is -3.66. The number of rotatable bonds is 9. The number of nitrogens with zero attached hydrogens (tertiary/aromatic N) is 2. The fraction of sp³-hybridized carbons (Fsp3) is 0.480. The van der Waals surface area contributed by atoms with Crippen LogP contribution in [0.25, 0.3) is 0 Å². The molecule has 0 spiro atoms. The highest BCUT2D eigenvalue weighted by molar-refractivity contribution is 7.89. The zero-order valence-electron chi connectivity index (χ0n) is 20.0. The monoisotopic (exact) mass is 473 g/mol. The van der Waals surface area contributed by atoms with Gasteiger partial charge in [0.15, 0.2) is 0 Å². The number of carbonyl (C=O) groups is 1. The number of methoxy groups -OCH3 is 1. The topological polar surface area (TPSA) is 79.0 Å². The van der Waals surface area contributed by atoms with Crippen LogP contribution in [0.1, 0.15) is 36.9 Å². The van der Waals surface area contributed by atoms with Gasteiger partial charge in [-0.3, -0.25) is 4.79 Å². The van der Waals surface area contributed by atoms with Gasteiger partial charge in [0.1, 0.15) is 5.75 Å². The molecule has 3 rings (SSSR count). The molecule has 8 heteroatoms. The van der Waals surface area contributed by atoms with Gasteiger partial charge in [0, 0.05) is 19.6 Å². The third-order valence-electron chi connectivity index (χ3n) is 6.32. The molecule has 180 valence electrons. The normalized spacial score (nSPS) is 18.2. The van der Waals surface area contributed by atoms with E-state index in [1.807, 2.05) is 14.1 Å². The van der Waals surface area contributed by atoms with Crippen LogP contribution < -0.4 is 10.1 Å². The van der Waals surface area contributed by atoms with E-state index < -0.39 is 10.0 Å². The van der Waals surface area contributed by atoms with Crippen LogP contribution in [0.5, 0.6) is 5.75 Å². The van der Waals surface area contributed by atoms with E-state index in [2.05, 4.69) is 41.4 Å². The summed E-state index contributed by atoms with van der Waals surface area (Å²) in [6.45, 7) is 3.21. The predicted molar refractivity (Wildman–Crippen MR) is 130 cm³/mol. The van der Waals surface area contributed by atoms with Crippen molar-refractivity contribution in [3.8, 4) is 5.75 Å². The van der Waals surface area contributed by atoms with Crippen LogP contribution in [-0.4, -0.2) is 64.4 Å². The molecule has 33 heavy (non-hydrogen) atoms. The average Bonchev–Trinajstić information content (AvgIpc) is 2.84. The van der Waals surface area contributed by atoms with Gasteiger partial charge in [-0.25, -0.2) is 8.42 Å². The lowest BCUT2D eigenvalue weighted by molar-refractivity contribution is -0.126. The van der Waals surface area contributed by atoms with Crippen molar-refractivity contribution in [2.75, 3.05) is 40.8 Å². The largest absolute Gasteiger partial charge is 0.497 e. The van der Waals surface area contributed by atoms with Gasteiger partial charge in [0.2, 0.25) is 15.9 Å². The first-order valence-corrected chi connectivity index (χ1v) is 12.9. The molecule has 0 saturated carbocycles. The van der Waals surface area contributed by atoms with E-state index in [1.165, 1.54) is 9.87 Å². The maximum Gasteiger partial charge on any atom is 0.243 e. The summed E-state index contributed by atoms with van der Waals surface area (Å²) in [6, 6.07) is 14.9. The Kier molecular flexibility index (Phi) is 8.51. The second-order valence-corrected chi connectivity index (χ2v) is 10.6. The summed E-state index contributed by atoms with van der Waals surface area (Å²) in [6.07, 6.45) is 2.32. The number of benzene rings is 2. The second-order valence-electron chi connectivity index (χ2n) is 8.70. The number of carbonyl (C=O) groups excluding carboxylic acids is 1. The average molecular weight is 474 g/mol. The quantitative estimate of drug-likeness (QED) is 0.606. The van der Waals surface area contributed by atoms with E-state index in [9.17, 15) is 13.2 Å². The lowest BCUT2D eigenvalue weighted by atomic mass is 9.98. The number of aryl methyl sites for hydroxylation is 1. The van der Waals surface area contributed by atoms with Crippen LogP contribution >= 0.6 is 0 Å². The number of sulfonamides is 1. The number of likely N-dealkylation sites (N-methyl/N-ethyl adjacent to an activating group) is 1. The van der Waals surface area contributed by atoms with Crippen molar-refractivity contribution in [1.82, 2.24) is 14.5 Å². The minimum absolute atomic E-state index is 0.0441. The van der Waals surface area contributed by atoms with Crippen LogP contribution in [0.2, 0.25) is 0 Å². The zero-order chi connectivity index (χ0) is 24.0. The highest BCUT2D eigenvalue weighted by Gasteiger charge is 2.33. The number of hydrogen-bond donors (Lipinski definition) is 1. The molecule has 2 atom stereocenters. The lowest BCUT2D eigenvalue weighted by Crippen LogP contribution is -2.46. The smallest absolute Gasteiger partial charge is 0.243 e. The summed E-state index contributed by atoms with van der Waals surface area (Å²) in [7, 11) is 1.87. The van der Waals surface area contributed by atoms with Crippen molar-refractivity contribution in [3.05, 3.63) is 59.7 Å². The van der Waals surface area contributed by atoms with Gasteiger partial charge in [-0.15, -0.1) is 0 Å². The molecule has 1 aliphatic heterocycles. The number of amides is 1. The van der Waals surface area contributed by atoms with Crippen molar-refractivity contribution in [1.29, 1.82) is 0 Å². The van der Waals surface area contributed by atoms with E-state index in [0.29, 0.717) is 31.7 Å². The molecule has 2 aromatic carbocycles. The molecular weight excluding hydrogens is 438 g/mol. The molecule has 1 heterocycles. The number of hydrogen-bond acceptors (Lipinski definition) is 5. The first-order chi connectivity index (χ1) is 15.8. The minimum Gasteiger partial charge on any atom is -0.497 e. The van der Waals surface area contributed by atoms with Crippen molar-refractivity contribution in [2.45, 2.75) is 37.1 Å². The molecule has 0 bridgehead atoms. The molecule has 0 aromatic heterocycles. The van der Waals surface area contributed by atoms with E-state index in [0.717, 1.165) is 12.0 Å². The maximum absolute atomic E-state index is 13.1. The van der Waals surface area contributed by atoms with Crippen LogP contribution in [0, 0.1) is 5.92 Å². The lowest BCUT2D eigenvalue weighted by Gasteiger charge is -2.32. The standard InChI is InChI=1S/C25H35N3O4S/c1-5-19-8-10-20(11-9-19)24(27(2)3)17-26-25(29)21-7-6-16-28(18-21)33(30,31)23-14-12-22(32-4)13-15-23/h8-15,21,24H,5-7,16-18H2,1-4H3,(H,26,29)/t21-,24+/m1/s1. The molecule has 1 aliphatic rings. The third-order valence-corrected chi connectivity index (χ3v) is 8.20. The molecule has 0 unspecified atom stereocenters. The van der Waals surface area contributed by atoms with Gasteiger partial charge < -0.3 is 15.0 Å². The first kappa shape index (κ1) is 25.2. The van der Waals surface area contributed by atoms with E-state index in [4.69, 9.17) is 4.74 Å². The van der Waals surface area contributed by atoms with Crippen molar-refractivity contribution >= 4 is 15.9 Å². The Labute approximate surface area is 197 Å². The van der Waals surface area contributed by atoms with Gasteiger partial charge in [0.05, 0.1) is 24.0 Å². The van der Waals surface area contributed by atoms with Crippen LogP contribution in [0.3, 0.4) is 0 Å². The van der Waals surface area contributed by atoms with Crippen molar-refractivity contribution in [2.24, 2.45) is 5.92 Å². The summed E-state index contributed by atoms with van der Waals surface area (Å²) >= 11 is 0. The summed E-state index contributed by atoms with van der Waals surface area (Å²) < 4.78 is 32.7. The fourth-order valence-electron chi connectivity index (χ4n) is 4.19. The summed E-state index contributed by atoms with van der Waals surface area (Å²) in [5, 5.41) is 3.07. The molecule has 7 nitrogen and oxygen atoms in total. The molecular formula is C25H35N3O4S. The molecule has 1 N–H and O–H groups in total. The predicted octanol–water partition coefficient (Wildman–Crippen LogP) is 3.08. The van der Waals surface area contributed by atoms with Gasteiger partial charge >= 0.3 is 0 Å². The fourth-order valence-corrected chi connectivity index (χ4v) is 5.71. The Hall–Kier alpha value is -2.42. The van der Waals surface area contributed by atoms with Crippen LogP contribution in [-0.2, 0) is 21.2 Å². The molecule has 0 aliphatic carbocycles. The Morgan fingerprint density at radius 3 is 2.39 bits per heavy atom. The van der Waals surface area contributed by atoms with E-state index in [-0.39, 0.29) is 29.3 Å². The first-order valence-electron chi connectivity index (χ1n) is 11.4. The summed E-state index contributed by atoms with van der Waals surface area (Å²) in [5.74, 6) is 0.142. The highest BCUT2D eigenvalue weighted by atomic mass is 32.2. The van der Waals surface area contributed by atoms with Gasteiger partial charge in [0.25, 0.3) is 0 Å². The SMILES string of the molecule is CCc1ccc([C@H](CNC(=O)[C@@H]2CCCN(S(=O)(=O)c3ccc(OC)cc3)C2)N(C)C)cc1. The van der Waals surface area contributed by atoms with Gasteiger partial charge in [-0.05, 0) is 68.8 Å². The summed E-state index contributed by atoms with van der Waals surface area (Å²) in [4.78, 5) is 15.3. The number of nitrogens with one attached hydrogen (secondary N) is 1. The van der Waals surface area contributed by atoms with Crippen LogP contribution in [0.15, 0.2) is 53.4 Å². The zero-order valence-corrected chi connectivity index (χ0v) is 20.8. The Morgan fingerprint density at radius 1 is 1.15 bits per heavy atom. The number of piperidine rings is 1. The molecule has 2 aromatic rings. The summed E-state index contributed by atoms with van der Waals surface area (Å²) in [5.41, 5.74) is 2.42. The van der Waals surface area contributed by atoms with E-state index >= 15 is 0 Å². The third kappa shape index (κ3) is 6.13. The Morgan fingerprint density at radius 2 is 1.82 bits per heavy atom. The van der Waals surface area contributed by atoms with E-state index in [1.54, 1.807) is 31.4 Å². The number of ether oxygens (including phenoxy) is 1. The Balaban J connectivity index is 1.64. The van der Waals surface area contributed by atoms with Gasteiger partial charge in [-0.2, -0.15) is 4.31 Å². The van der Waals surface area contributed by atoms with Gasteiger partial charge in [-0.1, -0.05) is 31.2 Å². The molecule has 1 saturated heterocycles. The maximum atomic E-state index is 13.1. The van der Waals surface area contributed by atoms with Crippen LogP contribution in [0.4, 0.5) is 0 Å². The molecule has 1 fully saturated rings. The Bertz CT molecular complexity index is 1020. The molecule has 0 radical (unpaired) electrons. The highest BCUT2D eigenvalue weighted by Crippen LogP contribution is 2.26. The molecule has 1 amide bonds.